The highest BCUT2D eigenvalue weighted by atomic mass is 19.1. The molecule has 1 aliphatic rings. The second kappa shape index (κ2) is 4.74. The van der Waals surface area contributed by atoms with Crippen LogP contribution in [0.3, 0.4) is 0 Å². The van der Waals surface area contributed by atoms with Gasteiger partial charge in [-0.05, 0) is 31.0 Å². The van der Waals surface area contributed by atoms with E-state index in [2.05, 4.69) is 4.98 Å². The van der Waals surface area contributed by atoms with Crippen LogP contribution in [-0.2, 0) is 11.8 Å². The monoisotopic (exact) mass is 274 g/mol. The van der Waals surface area contributed by atoms with Crippen molar-refractivity contribution in [3.63, 3.8) is 0 Å². The predicted octanol–water partition coefficient (Wildman–Crippen LogP) is 2.85. The minimum Gasteiger partial charge on any atom is -0.481 e. The molecule has 1 N–H and O–H groups in total. The first-order valence-electron chi connectivity index (χ1n) is 6.57. The fraction of sp³-hybridized carbons (Fsp3) is 0.333. The Hall–Kier alpha value is -2.17. The molecule has 104 valence electrons. The summed E-state index contributed by atoms with van der Waals surface area (Å²) in [5, 5.41) is 9.35. The third kappa shape index (κ3) is 1.99. The Kier molecular flexibility index (Phi) is 3.04. The van der Waals surface area contributed by atoms with E-state index >= 15 is 0 Å². The Morgan fingerprint density at radius 1 is 1.40 bits per heavy atom. The molecule has 2 atom stereocenters. The minimum absolute atomic E-state index is 0.169. The van der Waals surface area contributed by atoms with Gasteiger partial charge in [0.1, 0.15) is 11.6 Å². The van der Waals surface area contributed by atoms with E-state index in [0.717, 1.165) is 0 Å². The Morgan fingerprint density at radius 3 is 2.90 bits per heavy atom. The van der Waals surface area contributed by atoms with Crippen molar-refractivity contribution in [1.29, 1.82) is 0 Å². The molecular weight excluding hydrogens is 259 g/mol. The van der Waals surface area contributed by atoms with Crippen LogP contribution in [0.4, 0.5) is 4.39 Å². The van der Waals surface area contributed by atoms with E-state index in [0.29, 0.717) is 29.7 Å². The van der Waals surface area contributed by atoms with Gasteiger partial charge in [0, 0.05) is 13.0 Å². The van der Waals surface area contributed by atoms with Crippen molar-refractivity contribution in [3.8, 4) is 0 Å². The molecule has 0 fully saturated rings. The van der Waals surface area contributed by atoms with Gasteiger partial charge in [-0.3, -0.25) is 4.79 Å². The first-order chi connectivity index (χ1) is 9.58. The molecule has 0 amide bonds. The van der Waals surface area contributed by atoms with Gasteiger partial charge in [0.05, 0.1) is 17.0 Å². The maximum Gasteiger partial charge on any atom is 0.307 e. The second-order valence-corrected chi connectivity index (χ2v) is 5.16. The van der Waals surface area contributed by atoms with Gasteiger partial charge in [-0.15, -0.1) is 0 Å². The zero-order chi connectivity index (χ0) is 14.3. The molecule has 4 nitrogen and oxygen atoms in total. The van der Waals surface area contributed by atoms with Crippen LogP contribution in [-0.4, -0.2) is 20.6 Å². The lowest BCUT2D eigenvalue weighted by Gasteiger charge is -2.24. The maximum absolute atomic E-state index is 13.3. The van der Waals surface area contributed by atoms with E-state index in [-0.39, 0.29) is 11.7 Å². The zero-order valence-corrected chi connectivity index (χ0v) is 11.1. The summed E-state index contributed by atoms with van der Waals surface area (Å²) in [4.78, 5) is 15.9. The van der Waals surface area contributed by atoms with Gasteiger partial charge >= 0.3 is 5.97 Å². The average Bonchev–Trinajstić information content (AvgIpc) is 2.76. The Balaban J connectivity index is 2.11. The van der Waals surface area contributed by atoms with Crippen LogP contribution in [0.1, 0.15) is 24.6 Å². The van der Waals surface area contributed by atoms with Crippen LogP contribution in [0.5, 0.6) is 0 Å². The maximum atomic E-state index is 13.3. The summed E-state index contributed by atoms with van der Waals surface area (Å²) in [6.45, 7) is 0. The summed E-state index contributed by atoms with van der Waals surface area (Å²) in [5.74, 6) is -1.05. The molecule has 5 heteroatoms. The molecule has 1 heterocycles. The number of carboxylic acid groups (broad SMARTS) is 1. The van der Waals surface area contributed by atoms with Crippen LogP contribution in [0.2, 0.25) is 0 Å². The van der Waals surface area contributed by atoms with Gasteiger partial charge in [0.15, 0.2) is 0 Å². The summed E-state index contributed by atoms with van der Waals surface area (Å²) in [7, 11) is 1.81. The lowest BCUT2D eigenvalue weighted by atomic mass is 9.82. The normalized spacial score (nSPS) is 22.3. The van der Waals surface area contributed by atoms with Crippen molar-refractivity contribution in [2.24, 2.45) is 13.0 Å². The molecule has 1 aromatic heterocycles. The van der Waals surface area contributed by atoms with Crippen molar-refractivity contribution in [2.75, 3.05) is 0 Å². The number of allylic oxidation sites excluding steroid dienone is 2. The summed E-state index contributed by atoms with van der Waals surface area (Å²) in [5.41, 5.74) is 1.39. The molecule has 1 aliphatic carbocycles. The quantitative estimate of drug-likeness (QED) is 0.857. The lowest BCUT2D eigenvalue weighted by Crippen LogP contribution is -2.25. The zero-order valence-electron chi connectivity index (χ0n) is 11.1. The van der Waals surface area contributed by atoms with Crippen molar-refractivity contribution in [3.05, 3.63) is 42.0 Å². The van der Waals surface area contributed by atoms with Crippen molar-refractivity contribution < 1.29 is 14.3 Å². The molecule has 0 aliphatic heterocycles. The van der Waals surface area contributed by atoms with E-state index < -0.39 is 11.9 Å². The summed E-state index contributed by atoms with van der Waals surface area (Å²) in [6.07, 6.45) is 5.05. The van der Waals surface area contributed by atoms with Gasteiger partial charge in [-0.1, -0.05) is 12.2 Å². The molecule has 1 aromatic carbocycles. The van der Waals surface area contributed by atoms with Crippen molar-refractivity contribution in [2.45, 2.75) is 18.8 Å². The standard InChI is InChI=1S/C15H15FN2O2/c1-18-13-8-9(16)6-7-12(13)17-14(18)10-4-2-3-5-11(10)15(19)20/h2-3,6-8,10-11H,4-5H2,1H3,(H,19,20). The average molecular weight is 274 g/mol. The largest absolute Gasteiger partial charge is 0.481 e. The van der Waals surface area contributed by atoms with Crippen molar-refractivity contribution in [1.82, 2.24) is 9.55 Å². The van der Waals surface area contributed by atoms with Gasteiger partial charge in [0.2, 0.25) is 0 Å². The van der Waals surface area contributed by atoms with Gasteiger partial charge < -0.3 is 9.67 Å². The van der Waals surface area contributed by atoms with E-state index in [1.54, 1.807) is 17.7 Å². The van der Waals surface area contributed by atoms with Crippen LogP contribution < -0.4 is 0 Å². The first kappa shape index (κ1) is 12.8. The van der Waals surface area contributed by atoms with Crippen LogP contribution in [0.15, 0.2) is 30.4 Å². The second-order valence-electron chi connectivity index (χ2n) is 5.16. The van der Waals surface area contributed by atoms with Gasteiger partial charge in [-0.25, -0.2) is 9.37 Å². The molecule has 2 unspecified atom stereocenters. The summed E-state index contributed by atoms with van der Waals surface area (Å²) in [6, 6.07) is 4.43. The number of aromatic nitrogens is 2. The molecule has 0 spiro atoms. The summed E-state index contributed by atoms with van der Waals surface area (Å²) >= 11 is 0. The van der Waals surface area contributed by atoms with Crippen molar-refractivity contribution >= 4 is 17.0 Å². The summed E-state index contributed by atoms with van der Waals surface area (Å²) < 4.78 is 15.1. The van der Waals surface area contributed by atoms with Crippen LogP contribution in [0, 0.1) is 11.7 Å². The number of carbonyl (C=O) groups is 1. The van der Waals surface area contributed by atoms with E-state index in [4.69, 9.17) is 0 Å². The highest BCUT2D eigenvalue weighted by molar-refractivity contribution is 5.77. The Morgan fingerprint density at radius 2 is 2.15 bits per heavy atom. The van der Waals surface area contributed by atoms with Gasteiger partial charge in [-0.2, -0.15) is 0 Å². The Labute approximate surface area is 115 Å². The van der Waals surface area contributed by atoms with E-state index in [1.165, 1.54) is 12.1 Å². The number of aliphatic carboxylic acids is 1. The molecule has 2 aromatic rings. The SMILES string of the molecule is Cn1c(C2CC=CCC2C(=O)O)nc2ccc(F)cc21. The fourth-order valence-corrected chi connectivity index (χ4v) is 2.89. The number of rotatable bonds is 2. The first-order valence-corrected chi connectivity index (χ1v) is 6.57. The van der Waals surface area contributed by atoms with Crippen LogP contribution in [0.25, 0.3) is 11.0 Å². The smallest absolute Gasteiger partial charge is 0.307 e. The number of hydrogen-bond acceptors (Lipinski definition) is 2. The highest BCUT2D eigenvalue weighted by Gasteiger charge is 2.33. The number of aryl methyl sites for hydroxylation is 1. The number of benzene rings is 1. The molecule has 0 radical (unpaired) electrons. The van der Waals surface area contributed by atoms with Gasteiger partial charge in [0.25, 0.3) is 0 Å². The number of imidazole rings is 1. The third-order valence-electron chi connectivity index (χ3n) is 3.96. The predicted molar refractivity (Wildman–Crippen MR) is 72.9 cm³/mol. The third-order valence-corrected chi connectivity index (χ3v) is 3.96. The molecule has 0 bridgehead atoms. The highest BCUT2D eigenvalue weighted by Crippen LogP contribution is 2.35. The topological polar surface area (TPSA) is 55.1 Å². The van der Waals surface area contributed by atoms with Crippen LogP contribution >= 0.6 is 0 Å². The molecule has 3 rings (SSSR count). The number of nitrogens with zero attached hydrogens (tertiary/aromatic N) is 2. The molecular formula is C15H15FN2O2. The van der Waals surface area contributed by atoms with E-state index in [9.17, 15) is 14.3 Å². The number of carboxylic acids is 1. The number of fused-ring (bicyclic) bond motifs is 1. The molecule has 20 heavy (non-hydrogen) atoms. The Bertz CT molecular complexity index is 705. The fourth-order valence-electron chi connectivity index (χ4n) is 2.89. The lowest BCUT2D eigenvalue weighted by molar-refractivity contribution is -0.142. The number of hydrogen-bond donors (Lipinski definition) is 1. The van der Waals surface area contributed by atoms with E-state index in [1.807, 2.05) is 12.2 Å². The minimum atomic E-state index is -0.808. The molecule has 0 saturated carbocycles. The molecule has 0 saturated heterocycles. The number of halogens is 1.